The van der Waals surface area contributed by atoms with Crippen LogP contribution in [0.3, 0.4) is 0 Å². The SMILES string of the molecule is CCC(CC)C(=O)N1CCCC1Cc1c[nH]c2ccccc12. The minimum atomic E-state index is 0.198. The molecule has 3 heteroatoms. The fourth-order valence-electron chi connectivity index (χ4n) is 3.76. The molecule has 0 bridgehead atoms. The Kier molecular flexibility index (Phi) is 4.51. The summed E-state index contributed by atoms with van der Waals surface area (Å²) in [4.78, 5) is 18.2. The van der Waals surface area contributed by atoms with Gasteiger partial charge in [-0.3, -0.25) is 4.79 Å². The molecule has 22 heavy (non-hydrogen) atoms. The van der Waals surface area contributed by atoms with E-state index in [0.29, 0.717) is 11.9 Å². The van der Waals surface area contributed by atoms with Crippen LogP contribution >= 0.6 is 0 Å². The molecule has 1 atom stereocenters. The molecule has 0 radical (unpaired) electrons. The predicted molar refractivity (Wildman–Crippen MR) is 90.8 cm³/mol. The van der Waals surface area contributed by atoms with Gasteiger partial charge in [0, 0.05) is 35.6 Å². The first-order valence-electron chi connectivity index (χ1n) is 8.60. The molecule has 1 aliphatic heterocycles. The van der Waals surface area contributed by atoms with Crippen molar-refractivity contribution in [1.82, 2.24) is 9.88 Å². The number of fused-ring (bicyclic) bond motifs is 1. The summed E-state index contributed by atoms with van der Waals surface area (Å²) in [6, 6.07) is 8.79. The molecule has 1 aromatic heterocycles. The first-order valence-corrected chi connectivity index (χ1v) is 8.60. The number of hydrogen-bond donors (Lipinski definition) is 1. The van der Waals surface area contributed by atoms with E-state index in [-0.39, 0.29) is 5.92 Å². The lowest BCUT2D eigenvalue weighted by molar-refractivity contribution is -0.136. The molecular formula is C19H26N2O. The lowest BCUT2D eigenvalue weighted by atomic mass is 9.99. The topological polar surface area (TPSA) is 36.1 Å². The average Bonchev–Trinajstić information content (AvgIpc) is 3.16. The van der Waals surface area contributed by atoms with Crippen LogP contribution < -0.4 is 0 Å². The van der Waals surface area contributed by atoms with Crippen LogP contribution in [0, 0.1) is 5.92 Å². The average molecular weight is 298 g/mol. The minimum Gasteiger partial charge on any atom is -0.361 e. The molecule has 118 valence electrons. The zero-order valence-electron chi connectivity index (χ0n) is 13.6. The van der Waals surface area contributed by atoms with Gasteiger partial charge in [0.1, 0.15) is 0 Å². The lowest BCUT2D eigenvalue weighted by Crippen LogP contribution is -2.40. The molecule has 2 aromatic rings. The lowest BCUT2D eigenvalue weighted by Gasteiger charge is -2.28. The third-order valence-electron chi connectivity index (χ3n) is 5.13. The summed E-state index contributed by atoms with van der Waals surface area (Å²) in [6.45, 7) is 5.18. The van der Waals surface area contributed by atoms with Crippen molar-refractivity contribution in [2.75, 3.05) is 6.54 Å². The highest BCUT2D eigenvalue weighted by atomic mass is 16.2. The molecule has 1 aromatic carbocycles. The van der Waals surface area contributed by atoms with E-state index in [4.69, 9.17) is 0 Å². The van der Waals surface area contributed by atoms with Gasteiger partial charge >= 0.3 is 0 Å². The van der Waals surface area contributed by atoms with Crippen molar-refractivity contribution < 1.29 is 4.79 Å². The number of hydrogen-bond acceptors (Lipinski definition) is 1. The number of carbonyl (C=O) groups is 1. The number of nitrogens with zero attached hydrogens (tertiary/aromatic N) is 1. The van der Waals surface area contributed by atoms with Crippen molar-refractivity contribution in [1.29, 1.82) is 0 Å². The number of aromatic amines is 1. The summed E-state index contributed by atoms with van der Waals surface area (Å²) in [5.41, 5.74) is 2.53. The van der Waals surface area contributed by atoms with Gasteiger partial charge in [0.25, 0.3) is 0 Å². The molecule has 3 nitrogen and oxygen atoms in total. The van der Waals surface area contributed by atoms with Gasteiger partial charge in [-0.15, -0.1) is 0 Å². The summed E-state index contributed by atoms with van der Waals surface area (Å²) < 4.78 is 0. The number of rotatable bonds is 5. The molecule has 1 fully saturated rings. The first-order chi connectivity index (χ1) is 10.7. The molecule has 2 heterocycles. The molecule has 1 aliphatic rings. The maximum atomic E-state index is 12.7. The molecule has 3 rings (SSSR count). The fourth-order valence-corrected chi connectivity index (χ4v) is 3.76. The van der Waals surface area contributed by atoms with Crippen molar-refractivity contribution in [3.63, 3.8) is 0 Å². The summed E-state index contributed by atoms with van der Waals surface area (Å²) >= 11 is 0. The summed E-state index contributed by atoms with van der Waals surface area (Å²) in [6.07, 6.45) is 7.25. The van der Waals surface area contributed by atoms with Crippen LogP contribution in [0.2, 0.25) is 0 Å². The molecule has 0 saturated carbocycles. The molecule has 1 N–H and O–H groups in total. The van der Waals surface area contributed by atoms with Crippen LogP contribution in [0.4, 0.5) is 0 Å². The van der Waals surface area contributed by atoms with E-state index in [2.05, 4.69) is 54.2 Å². The van der Waals surface area contributed by atoms with E-state index in [1.54, 1.807) is 0 Å². The normalized spacial score (nSPS) is 18.5. The monoisotopic (exact) mass is 298 g/mol. The number of amides is 1. The maximum absolute atomic E-state index is 12.7. The number of para-hydroxylation sites is 1. The number of likely N-dealkylation sites (tertiary alicyclic amines) is 1. The third-order valence-corrected chi connectivity index (χ3v) is 5.13. The standard InChI is InChI=1S/C19H26N2O/c1-3-14(4-2)19(22)21-11-7-8-16(21)12-15-13-20-18-10-6-5-9-17(15)18/h5-6,9-10,13-14,16,20H,3-4,7-8,11-12H2,1-2H3. The Hall–Kier alpha value is -1.77. The van der Waals surface area contributed by atoms with E-state index in [1.807, 2.05) is 0 Å². The van der Waals surface area contributed by atoms with Crippen molar-refractivity contribution >= 4 is 16.8 Å². The van der Waals surface area contributed by atoms with Crippen LogP contribution in [-0.4, -0.2) is 28.4 Å². The zero-order chi connectivity index (χ0) is 15.5. The van der Waals surface area contributed by atoms with Gasteiger partial charge in [0.05, 0.1) is 0 Å². The minimum absolute atomic E-state index is 0.198. The third kappa shape index (κ3) is 2.77. The Morgan fingerprint density at radius 1 is 1.32 bits per heavy atom. The van der Waals surface area contributed by atoms with Crippen molar-refractivity contribution in [3.8, 4) is 0 Å². The molecule has 0 aliphatic carbocycles. The maximum Gasteiger partial charge on any atom is 0.225 e. The van der Waals surface area contributed by atoms with Gasteiger partial charge in [0.15, 0.2) is 0 Å². The number of carbonyl (C=O) groups excluding carboxylic acids is 1. The second-order valence-electron chi connectivity index (χ2n) is 6.40. The first kappa shape index (κ1) is 15.1. The molecule has 1 saturated heterocycles. The van der Waals surface area contributed by atoms with E-state index in [1.165, 1.54) is 16.5 Å². The fraction of sp³-hybridized carbons (Fsp3) is 0.526. The second-order valence-corrected chi connectivity index (χ2v) is 6.40. The summed E-state index contributed by atoms with van der Waals surface area (Å²) in [5.74, 6) is 0.566. The van der Waals surface area contributed by atoms with Crippen molar-refractivity contribution in [2.24, 2.45) is 5.92 Å². The van der Waals surface area contributed by atoms with Crippen LogP contribution in [-0.2, 0) is 11.2 Å². The number of benzene rings is 1. The number of H-pyrrole nitrogens is 1. The Balaban J connectivity index is 1.78. The Labute approximate surface area is 132 Å². The highest BCUT2D eigenvalue weighted by molar-refractivity contribution is 5.83. The Bertz CT molecular complexity index is 642. The van der Waals surface area contributed by atoms with Gasteiger partial charge in [-0.25, -0.2) is 0 Å². The molecule has 1 amide bonds. The highest BCUT2D eigenvalue weighted by Crippen LogP contribution is 2.27. The van der Waals surface area contributed by atoms with Crippen LogP contribution in [0.15, 0.2) is 30.5 Å². The molecule has 1 unspecified atom stereocenters. The molecule has 0 spiro atoms. The number of nitrogens with one attached hydrogen (secondary N) is 1. The van der Waals surface area contributed by atoms with Gasteiger partial charge in [-0.1, -0.05) is 32.0 Å². The van der Waals surface area contributed by atoms with E-state index < -0.39 is 0 Å². The Morgan fingerprint density at radius 2 is 2.09 bits per heavy atom. The quantitative estimate of drug-likeness (QED) is 0.885. The van der Waals surface area contributed by atoms with Crippen LogP contribution in [0.5, 0.6) is 0 Å². The van der Waals surface area contributed by atoms with E-state index in [0.717, 1.165) is 38.6 Å². The van der Waals surface area contributed by atoms with Gasteiger partial charge in [0.2, 0.25) is 5.91 Å². The predicted octanol–water partition coefficient (Wildman–Crippen LogP) is 4.14. The zero-order valence-corrected chi connectivity index (χ0v) is 13.6. The Morgan fingerprint density at radius 3 is 2.86 bits per heavy atom. The van der Waals surface area contributed by atoms with E-state index >= 15 is 0 Å². The second kappa shape index (κ2) is 6.55. The highest BCUT2D eigenvalue weighted by Gasteiger charge is 2.32. The summed E-state index contributed by atoms with van der Waals surface area (Å²) in [5, 5.41) is 1.30. The van der Waals surface area contributed by atoms with Gasteiger partial charge in [-0.2, -0.15) is 0 Å². The largest absolute Gasteiger partial charge is 0.361 e. The smallest absolute Gasteiger partial charge is 0.225 e. The van der Waals surface area contributed by atoms with Crippen LogP contribution in [0.25, 0.3) is 10.9 Å². The van der Waals surface area contributed by atoms with Crippen molar-refractivity contribution in [2.45, 2.75) is 52.0 Å². The van der Waals surface area contributed by atoms with E-state index in [9.17, 15) is 4.79 Å². The summed E-state index contributed by atoms with van der Waals surface area (Å²) in [7, 11) is 0. The van der Waals surface area contributed by atoms with Gasteiger partial charge in [-0.05, 0) is 43.7 Å². The number of aromatic nitrogens is 1. The van der Waals surface area contributed by atoms with Crippen molar-refractivity contribution in [3.05, 3.63) is 36.0 Å². The molecular weight excluding hydrogens is 272 g/mol. The van der Waals surface area contributed by atoms with Gasteiger partial charge < -0.3 is 9.88 Å². The van der Waals surface area contributed by atoms with Crippen LogP contribution in [0.1, 0.15) is 45.1 Å².